The zero-order valence-electron chi connectivity index (χ0n) is 15.5. The summed E-state index contributed by atoms with van der Waals surface area (Å²) in [5, 5.41) is 3.25. The number of piperidine rings is 1. The molecule has 3 rings (SSSR count). The summed E-state index contributed by atoms with van der Waals surface area (Å²) in [5.41, 5.74) is 0.462. The predicted octanol–water partition coefficient (Wildman–Crippen LogP) is 2.08. The van der Waals surface area contributed by atoms with Crippen molar-refractivity contribution in [3.8, 4) is 0 Å². The van der Waals surface area contributed by atoms with Gasteiger partial charge in [0.2, 0.25) is 10.0 Å². The van der Waals surface area contributed by atoms with Gasteiger partial charge in [0.15, 0.2) is 0 Å². The highest BCUT2D eigenvalue weighted by atomic mass is 32.2. The maximum Gasteiger partial charge on any atom is 0.253 e. The first-order valence-electron chi connectivity index (χ1n) is 9.59. The Morgan fingerprint density at radius 2 is 1.69 bits per heavy atom. The van der Waals surface area contributed by atoms with E-state index < -0.39 is 10.0 Å². The van der Waals surface area contributed by atoms with Gasteiger partial charge in [0.25, 0.3) is 5.91 Å². The molecule has 2 aliphatic heterocycles. The van der Waals surface area contributed by atoms with Crippen LogP contribution in [0.1, 0.15) is 48.9 Å². The van der Waals surface area contributed by atoms with Crippen molar-refractivity contribution in [2.45, 2.75) is 49.5 Å². The molecule has 0 bridgehead atoms. The van der Waals surface area contributed by atoms with Crippen molar-refractivity contribution >= 4 is 15.9 Å². The van der Waals surface area contributed by atoms with E-state index >= 15 is 0 Å². The first-order valence-corrected chi connectivity index (χ1v) is 11.0. The molecule has 0 atom stereocenters. The Hall–Kier alpha value is -1.44. The van der Waals surface area contributed by atoms with Crippen LogP contribution in [0, 0.1) is 0 Å². The standard InChI is InChI=1S/C19H29N3O3S/c1-20-17-9-13-21(14-10-17)19(23)16-7-6-8-18(15-16)26(24,25)22-11-4-2-3-5-12-22/h6-8,15,17,20H,2-5,9-14H2,1H3. The number of likely N-dealkylation sites (tertiary alicyclic amines) is 1. The highest BCUT2D eigenvalue weighted by molar-refractivity contribution is 7.89. The minimum atomic E-state index is -3.53. The first-order chi connectivity index (χ1) is 12.5. The molecule has 144 valence electrons. The van der Waals surface area contributed by atoms with E-state index in [4.69, 9.17) is 0 Å². The van der Waals surface area contributed by atoms with Crippen LogP contribution < -0.4 is 5.32 Å². The molecule has 1 aromatic rings. The predicted molar refractivity (Wildman–Crippen MR) is 102 cm³/mol. The molecule has 26 heavy (non-hydrogen) atoms. The third-order valence-corrected chi connectivity index (χ3v) is 7.37. The highest BCUT2D eigenvalue weighted by Crippen LogP contribution is 2.22. The molecule has 0 radical (unpaired) electrons. The van der Waals surface area contributed by atoms with E-state index in [0.717, 1.165) is 38.5 Å². The Morgan fingerprint density at radius 1 is 1.04 bits per heavy atom. The number of sulfonamides is 1. The van der Waals surface area contributed by atoms with E-state index in [1.54, 1.807) is 28.6 Å². The average Bonchev–Trinajstić information content (AvgIpc) is 2.98. The van der Waals surface area contributed by atoms with Gasteiger partial charge in [0.05, 0.1) is 4.90 Å². The Balaban J connectivity index is 1.76. The lowest BCUT2D eigenvalue weighted by molar-refractivity contribution is 0.0707. The summed E-state index contributed by atoms with van der Waals surface area (Å²) in [4.78, 5) is 14.9. The molecule has 2 heterocycles. The fraction of sp³-hybridized carbons (Fsp3) is 0.632. The van der Waals surface area contributed by atoms with Crippen LogP contribution >= 0.6 is 0 Å². The van der Waals surface area contributed by atoms with Gasteiger partial charge in [-0.3, -0.25) is 4.79 Å². The van der Waals surface area contributed by atoms with Crippen molar-refractivity contribution in [1.82, 2.24) is 14.5 Å². The summed E-state index contributed by atoms with van der Waals surface area (Å²) in [7, 11) is -1.59. The Bertz CT molecular complexity index is 719. The molecule has 7 heteroatoms. The molecule has 0 aromatic heterocycles. The minimum absolute atomic E-state index is 0.0764. The lowest BCUT2D eigenvalue weighted by Gasteiger charge is -2.32. The van der Waals surface area contributed by atoms with Crippen molar-refractivity contribution in [2.75, 3.05) is 33.2 Å². The molecule has 1 N–H and O–H groups in total. The molecule has 1 aromatic carbocycles. The third kappa shape index (κ3) is 4.27. The molecule has 2 aliphatic rings. The second-order valence-corrected chi connectivity index (χ2v) is 9.14. The van der Waals surface area contributed by atoms with E-state index in [-0.39, 0.29) is 10.8 Å². The van der Waals surface area contributed by atoms with Gasteiger partial charge >= 0.3 is 0 Å². The molecule has 0 saturated carbocycles. The Kier molecular flexibility index (Phi) is 6.32. The topological polar surface area (TPSA) is 69.7 Å². The number of benzene rings is 1. The maximum atomic E-state index is 13.0. The number of carbonyl (C=O) groups is 1. The molecule has 0 aliphatic carbocycles. The van der Waals surface area contributed by atoms with E-state index in [1.165, 1.54) is 0 Å². The van der Waals surface area contributed by atoms with E-state index in [1.807, 2.05) is 11.9 Å². The van der Waals surface area contributed by atoms with Crippen molar-refractivity contribution in [2.24, 2.45) is 0 Å². The zero-order chi connectivity index (χ0) is 18.6. The zero-order valence-corrected chi connectivity index (χ0v) is 16.3. The van der Waals surface area contributed by atoms with Crippen molar-refractivity contribution in [1.29, 1.82) is 0 Å². The van der Waals surface area contributed by atoms with Crippen molar-refractivity contribution in [3.05, 3.63) is 29.8 Å². The van der Waals surface area contributed by atoms with E-state index in [2.05, 4.69) is 5.32 Å². The SMILES string of the molecule is CNC1CCN(C(=O)c2cccc(S(=O)(=O)N3CCCCCC3)c2)CC1. The number of nitrogens with zero attached hydrogens (tertiary/aromatic N) is 2. The number of hydrogen-bond donors (Lipinski definition) is 1. The van der Waals surface area contributed by atoms with Gasteiger partial charge in [-0.1, -0.05) is 18.9 Å². The second-order valence-electron chi connectivity index (χ2n) is 7.20. The van der Waals surface area contributed by atoms with Gasteiger partial charge in [-0.2, -0.15) is 4.31 Å². The number of hydrogen-bond acceptors (Lipinski definition) is 4. The van der Waals surface area contributed by atoms with Crippen LogP contribution in [0.15, 0.2) is 29.2 Å². The summed E-state index contributed by atoms with van der Waals surface area (Å²) in [6.45, 7) is 2.54. The van der Waals surface area contributed by atoms with E-state index in [9.17, 15) is 13.2 Å². The molecule has 2 fully saturated rings. The fourth-order valence-corrected chi connectivity index (χ4v) is 5.34. The van der Waals surface area contributed by atoms with Crippen molar-refractivity contribution < 1.29 is 13.2 Å². The van der Waals surface area contributed by atoms with Crippen LogP contribution in [0.4, 0.5) is 0 Å². The van der Waals surface area contributed by atoms with Crippen LogP contribution in [0.25, 0.3) is 0 Å². The number of rotatable bonds is 4. The first kappa shape index (κ1) is 19.3. The van der Waals surface area contributed by atoms with E-state index in [0.29, 0.717) is 37.8 Å². The molecule has 0 spiro atoms. The van der Waals surface area contributed by atoms with Crippen LogP contribution in [0.3, 0.4) is 0 Å². The third-order valence-electron chi connectivity index (χ3n) is 5.47. The Labute approximate surface area is 156 Å². The van der Waals surface area contributed by atoms with Crippen LogP contribution in [0.5, 0.6) is 0 Å². The molecule has 1 amide bonds. The molecular formula is C19H29N3O3S. The summed E-state index contributed by atoms with van der Waals surface area (Å²) in [5.74, 6) is -0.0764. The van der Waals surface area contributed by atoms with Crippen LogP contribution in [-0.2, 0) is 10.0 Å². The fourth-order valence-electron chi connectivity index (χ4n) is 3.77. The average molecular weight is 380 g/mol. The van der Waals surface area contributed by atoms with Gasteiger partial charge in [-0.15, -0.1) is 0 Å². The van der Waals surface area contributed by atoms with Gasteiger partial charge < -0.3 is 10.2 Å². The smallest absolute Gasteiger partial charge is 0.253 e. The largest absolute Gasteiger partial charge is 0.339 e. The lowest BCUT2D eigenvalue weighted by atomic mass is 10.0. The molecular weight excluding hydrogens is 350 g/mol. The Morgan fingerprint density at radius 3 is 2.31 bits per heavy atom. The van der Waals surface area contributed by atoms with Crippen molar-refractivity contribution in [3.63, 3.8) is 0 Å². The monoisotopic (exact) mass is 379 g/mol. The number of amides is 1. The quantitative estimate of drug-likeness (QED) is 0.870. The van der Waals surface area contributed by atoms with Gasteiger partial charge in [-0.25, -0.2) is 8.42 Å². The summed E-state index contributed by atoms with van der Waals surface area (Å²) >= 11 is 0. The maximum absolute atomic E-state index is 13.0. The number of nitrogens with one attached hydrogen (secondary N) is 1. The van der Waals surface area contributed by atoms with Gasteiger partial charge in [0.1, 0.15) is 0 Å². The summed E-state index contributed by atoms with van der Waals surface area (Å²) in [6.07, 6.45) is 5.80. The minimum Gasteiger partial charge on any atom is -0.339 e. The second kappa shape index (κ2) is 8.50. The molecule has 6 nitrogen and oxygen atoms in total. The van der Waals surface area contributed by atoms with Crippen LogP contribution in [0.2, 0.25) is 0 Å². The van der Waals surface area contributed by atoms with Gasteiger partial charge in [0, 0.05) is 37.8 Å². The highest BCUT2D eigenvalue weighted by Gasteiger charge is 2.27. The normalized spacial score (nSPS) is 20.7. The van der Waals surface area contributed by atoms with Gasteiger partial charge in [-0.05, 0) is 50.9 Å². The summed E-state index contributed by atoms with van der Waals surface area (Å²) < 4.78 is 27.5. The lowest BCUT2D eigenvalue weighted by Crippen LogP contribution is -2.44. The summed E-state index contributed by atoms with van der Waals surface area (Å²) in [6, 6.07) is 7.00. The molecule has 0 unspecified atom stereocenters. The van der Waals surface area contributed by atoms with Crippen LogP contribution in [-0.4, -0.2) is 62.8 Å². The molecule has 2 saturated heterocycles. The number of carbonyl (C=O) groups excluding carboxylic acids is 1.